The highest BCUT2D eigenvalue weighted by atomic mass is 16.3. The number of phenols is 1. The highest BCUT2D eigenvalue weighted by molar-refractivity contribution is 5.94. The van der Waals surface area contributed by atoms with Crippen molar-refractivity contribution >= 4 is 5.91 Å². The number of rotatable bonds is 4. The van der Waals surface area contributed by atoms with Crippen LogP contribution >= 0.6 is 0 Å². The van der Waals surface area contributed by atoms with E-state index in [1.54, 1.807) is 12.4 Å². The molecule has 0 radical (unpaired) electrons. The Hall–Kier alpha value is -2.40. The van der Waals surface area contributed by atoms with Gasteiger partial charge in [-0.2, -0.15) is 0 Å². The molecule has 7 rings (SSSR count). The number of pyridine rings is 1. The minimum absolute atomic E-state index is 0.0557. The quantitative estimate of drug-likeness (QED) is 0.740. The number of benzene rings is 1. The van der Waals surface area contributed by atoms with Gasteiger partial charge in [0, 0.05) is 54.5 Å². The first-order valence-corrected chi connectivity index (χ1v) is 13.2. The van der Waals surface area contributed by atoms with Crippen LogP contribution in [0.15, 0.2) is 42.7 Å². The van der Waals surface area contributed by atoms with Gasteiger partial charge >= 0.3 is 0 Å². The van der Waals surface area contributed by atoms with Crippen LogP contribution in [-0.2, 0) is 11.8 Å². The van der Waals surface area contributed by atoms with Crippen molar-refractivity contribution in [3.05, 3.63) is 59.4 Å². The molecule has 1 aromatic carbocycles. The van der Waals surface area contributed by atoms with Crippen molar-refractivity contribution in [1.82, 2.24) is 14.8 Å². The van der Waals surface area contributed by atoms with E-state index >= 15 is 0 Å². The van der Waals surface area contributed by atoms with Gasteiger partial charge in [0.25, 0.3) is 5.91 Å². The number of hydrogen-bond donors (Lipinski definition) is 1. The summed E-state index contributed by atoms with van der Waals surface area (Å²) >= 11 is 0. The first-order chi connectivity index (χ1) is 16.5. The van der Waals surface area contributed by atoms with Gasteiger partial charge in [-0.1, -0.05) is 6.07 Å². The van der Waals surface area contributed by atoms with E-state index in [0.29, 0.717) is 17.7 Å². The SMILES string of the molecule is CN(C(=O)c1ccncc1)[C@H]1CC23CCN(CC4CC4)C4CCC1CC42Cc1ccc(O)cc13. The molecule has 1 spiro atoms. The van der Waals surface area contributed by atoms with Crippen molar-refractivity contribution in [3.8, 4) is 5.75 Å². The second kappa shape index (κ2) is 7.30. The maximum Gasteiger partial charge on any atom is 0.253 e. The van der Waals surface area contributed by atoms with Crippen molar-refractivity contribution in [2.24, 2.45) is 17.3 Å². The minimum atomic E-state index is 0.0557. The number of carbonyl (C=O) groups is 1. The third kappa shape index (κ3) is 2.82. The lowest BCUT2D eigenvalue weighted by Gasteiger charge is -2.67. The Morgan fingerprint density at radius 3 is 2.76 bits per heavy atom. The Bertz CT molecular complexity index is 1130. The van der Waals surface area contributed by atoms with E-state index in [0.717, 1.165) is 37.3 Å². The highest BCUT2D eigenvalue weighted by Gasteiger charge is 2.69. The van der Waals surface area contributed by atoms with E-state index in [1.807, 2.05) is 25.2 Å². The van der Waals surface area contributed by atoms with E-state index in [-0.39, 0.29) is 22.8 Å². The number of likely N-dealkylation sites (tertiary alicyclic amines) is 1. The number of hydrogen-bond acceptors (Lipinski definition) is 4. The van der Waals surface area contributed by atoms with Crippen molar-refractivity contribution in [1.29, 1.82) is 0 Å². The molecule has 5 heteroatoms. The summed E-state index contributed by atoms with van der Waals surface area (Å²) in [6, 6.07) is 10.7. The average Bonchev–Trinajstić information content (AvgIpc) is 3.64. The Labute approximate surface area is 202 Å². The number of carbonyl (C=O) groups excluding carboxylic acids is 1. The molecule has 3 saturated carbocycles. The zero-order chi connectivity index (χ0) is 23.1. The first-order valence-electron chi connectivity index (χ1n) is 13.2. The number of phenolic OH excluding ortho intramolecular Hbond substituents is 1. The van der Waals surface area contributed by atoms with Crippen LogP contribution in [0.2, 0.25) is 0 Å². The van der Waals surface area contributed by atoms with Gasteiger partial charge in [0.15, 0.2) is 0 Å². The Morgan fingerprint density at radius 1 is 1.15 bits per heavy atom. The molecule has 1 amide bonds. The molecule has 1 aromatic heterocycles. The maximum atomic E-state index is 13.5. The predicted molar refractivity (Wildman–Crippen MR) is 131 cm³/mol. The van der Waals surface area contributed by atoms with Crippen LogP contribution in [0.3, 0.4) is 0 Å². The predicted octanol–water partition coefficient (Wildman–Crippen LogP) is 4.40. The van der Waals surface area contributed by atoms with Crippen LogP contribution in [0.4, 0.5) is 0 Å². The lowest BCUT2D eigenvalue weighted by molar-refractivity contribution is -0.137. The van der Waals surface area contributed by atoms with Crippen molar-refractivity contribution in [2.45, 2.75) is 68.9 Å². The normalized spacial score (nSPS) is 36.0. The molecule has 1 saturated heterocycles. The van der Waals surface area contributed by atoms with E-state index in [9.17, 15) is 9.90 Å². The Kier molecular flexibility index (Phi) is 4.49. The van der Waals surface area contributed by atoms with E-state index in [1.165, 1.54) is 49.8 Å². The van der Waals surface area contributed by atoms with Gasteiger partial charge in [-0.05, 0) is 105 Å². The topological polar surface area (TPSA) is 56.7 Å². The fourth-order valence-corrected chi connectivity index (χ4v) is 8.83. The third-order valence-corrected chi connectivity index (χ3v) is 10.4. The molecule has 5 atom stereocenters. The lowest BCUT2D eigenvalue weighted by atomic mass is 9.44. The summed E-state index contributed by atoms with van der Waals surface area (Å²) in [7, 11) is 2.02. The van der Waals surface area contributed by atoms with Crippen molar-refractivity contribution in [2.75, 3.05) is 20.1 Å². The van der Waals surface area contributed by atoms with Gasteiger partial charge in [0.05, 0.1) is 0 Å². The number of nitrogens with zero attached hydrogens (tertiary/aromatic N) is 3. The van der Waals surface area contributed by atoms with Crippen LogP contribution in [0, 0.1) is 17.3 Å². The second-order valence-electron chi connectivity index (χ2n) is 11.9. The number of amides is 1. The minimum Gasteiger partial charge on any atom is -0.508 e. The highest BCUT2D eigenvalue weighted by Crippen LogP contribution is 2.70. The average molecular weight is 458 g/mol. The van der Waals surface area contributed by atoms with Crippen LogP contribution < -0.4 is 0 Å². The maximum absolute atomic E-state index is 13.5. The van der Waals surface area contributed by atoms with Crippen molar-refractivity contribution in [3.63, 3.8) is 0 Å². The van der Waals surface area contributed by atoms with Gasteiger partial charge in [0.1, 0.15) is 5.75 Å². The molecule has 5 nitrogen and oxygen atoms in total. The van der Waals surface area contributed by atoms with Crippen LogP contribution in [0.1, 0.15) is 66.4 Å². The molecule has 1 aliphatic heterocycles. The van der Waals surface area contributed by atoms with Crippen LogP contribution in [0.25, 0.3) is 0 Å². The molecule has 4 unspecified atom stereocenters. The van der Waals surface area contributed by atoms with Crippen molar-refractivity contribution < 1.29 is 9.90 Å². The molecular weight excluding hydrogens is 422 g/mol. The van der Waals surface area contributed by atoms with Gasteiger partial charge in [-0.3, -0.25) is 14.7 Å². The Balaban J connectivity index is 1.30. The summed E-state index contributed by atoms with van der Waals surface area (Å²) < 4.78 is 0. The first kappa shape index (κ1) is 20.9. The number of fused-ring (bicyclic) bond motifs is 2. The fraction of sp³-hybridized carbons (Fsp3) is 0.586. The van der Waals surface area contributed by atoms with Gasteiger partial charge in [-0.25, -0.2) is 0 Å². The molecule has 34 heavy (non-hydrogen) atoms. The molecule has 2 aromatic rings. The zero-order valence-electron chi connectivity index (χ0n) is 20.1. The summed E-state index contributed by atoms with van der Waals surface area (Å²) in [6.07, 6.45) is 13.2. The number of aromatic hydroxyl groups is 1. The Morgan fingerprint density at radius 2 is 1.97 bits per heavy atom. The summed E-state index contributed by atoms with van der Waals surface area (Å²) in [6.45, 7) is 2.43. The summed E-state index contributed by atoms with van der Waals surface area (Å²) in [5, 5.41) is 10.5. The molecule has 1 N–H and O–H groups in total. The molecule has 178 valence electrons. The molecule has 2 bridgehead atoms. The third-order valence-electron chi connectivity index (χ3n) is 10.4. The molecule has 5 aliphatic rings. The van der Waals surface area contributed by atoms with Crippen LogP contribution in [0.5, 0.6) is 5.75 Å². The lowest BCUT2D eigenvalue weighted by Crippen LogP contribution is -2.70. The number of piperidine rings is 1. The standard InChI is InChI=1S/C29H35N3O2/c1-31(27(34)20-8-11-30-12-9-20)25-17-28-10-13-32(18-19-2-3-19)26-7-5-22(25)16-29(26,28)15-21-4-6-23(33)14-24(21)28/h4,6,8-9,11-12,14,19,22,25-26,33H,2-3,5,7,10,13,15-18H2,1H3/t22?,25-,26?,28?,29?/m0/s1. The smallest absolute Gasteiger partial charge is 0.253 e. The van der Waals surface area contributed by atoms with E-state index < -0.39 is 0 Å². The molecule has 2 heterocycles. The van der Waals surface area contributed by atoms with Gasteiger partial charge in [0.2, 0.25) is 0 Å². The zero-order valence-corrected chi connectivity index (χ0v) is 20.1. The summed E-state index contributed by atoms with van der Waals surface area (Å²) in [5.41, 5.74) is 3.86. The summed E-state index contributed by atoms with van der Waals surface area (Å²) in [4.78, 5) is 22.5. The fourth-order valence-electron chi connectivity index (χ4n) is 8.83. The second-order valence-corrected chi connectivity index (χ2v) is 11.9. The number of aromatic nitrogens is 1. The van der Waals surface area contributed by atoms with Gasteiger partial charge < -0.3 is 10.0 Å². The monoisotopic (exact) mass is 457 g/mol. The molecule has 4 fully saturated rings. The van der Waals surface area contributed by atoms with Gasteiger partial charge in [-0.15, -0.1) is 0 Å². The molecular formula is C29H35N3O2. The van der Waals surface area contributed by atoms with E-state index in [4.69, 9.17) is 0 Å². The van der Waals surface area contributed by atoms with E-state index in [2.05, 4.69) is 26.9 Å². The molecule has 4 aliphatic carbocycles. The summed E-state index contributed by atoms with van der Waals surface area (Å²) in [5.74, 6) is 1.95. The van der Waals surface area contributed by atoms with Crippen LogP contribution in [-0.4, -0.2) is 58.0 Å². The largest absolute Gasteiger partial charge is 0.508 e.